The van der Waals surface area contributed by atoms with Crippen LogP contribution in [0.3, 0.4) is 0 Å². The maximum absolute atomic E-state index is 10.5. The van der Waals surface area contributed by atoms with Gasteiger partial charge in [-0.15, -0.1) is 0 Å². The van der Waals surface area contributed by atoms with Gasteiger partial charge in [0.15, 0.2) is 0 Å². The van der Waals surface area contributed by atoms with Crippen molar-refractivity contribution in [2.45, 2.75) is 0 Å². The van der Waals surface area contributed by atoms with Crippen LogP contribution in [0.25, 0.3) is 0 Å². The predicted molar refractivity (Wildman–Crippen MR) is 33.4 cm³/mol. The molecule has 5 heteroatoms. The monoisotopic (exact) mass is 153 g/mol. The molecule has 11 heavy (non-hydrogen) atoms. The van der Waals surface area contributed by atoms with E-state index < -0.39 is 16.4 Å². The fraction of sp³-hybridized carbons (Fsp3) is 0. The van der Waals surface area contributed by atoms with Gasteiger partial charge in [-0.2, -0.15) is 0 Å². The van der Waals surface area contributed by atoms with E-state index in [0.29, 0.717) is 6.07 Å². The van der Waals surface area contributed by atoms with E-state index >= 15 is 0 Å². The van der Waals surface area contributed by atoms with Crippen LogP contribution in [0.15, 0.2) is 18.2 Å². The quantitative estimate of drug-likeness (QED) is 0.455. The minimum atomic E-state index is -0.848. The average Bonchev–Trinajstić information content (AvgIpc) is 1.94. The summed E-state index contributed by atoms with van der Waals surface area (Å²) in [5.74, 6) is -1.57. The molecule has 5 nitrogen and oxygen atoms in total. The molecule has 0 heterocycles. The van der Waals surface area contributed by atoms with Gasteiger partial charge in [-0.1, -0.05) is 0 Å². The molecule has 1 rings (SSSR count). The first-order valence-corrected chi connectivity index (χ1v) is 2.74. The summed E-state index contributed by atoms with van der Waals surface area (Å²) < 4.78 is 0. The van der Waals surface area contributed by atoms with Gasteiger partial charge in [0.05, 0.1) is 11.0 Å². The summed E-state index contributed by atoms with van der Waals surface area (Å²) >= 11 is 0. The summed E-state index contributed by atoms with van der Waals surface area (Å²) in [6, 6.07) is 2.60. The van der Waals surface area contributed by atoms with Crippen molar-refractivity contribution in [2.24, 2.45) is 0 Å². The molecule has 0 amide bonds. The van der Waals surface area contributed by atoms with Gasteiger partial charge >= 0.3 is 0 Å². The lowest BCUT2D eigenvalue weighted by molar-refractivity contribution is -0.385. The van der Waals surface area contributed by atoms with Gasteiger partial charge in [-0.25, -0.2) is 0 Å². The van der Waals surface area contributed by atoms with Crippen molar-refractivity contribution in [3.8, 4) is 11.5 Å². The predicted octanol–water partition coefficient (Wildman–Crippen LogP) is 1.88. The first-order valence-electron chi connectivity index (χ1n) is 2.74. The highest BCUT2D eigenvalue weighted by Crippen LogP contribution is 2.29. The van der Waals surface area contributed by atoms with Gasteiger partial charge in [0.1, 0.15) is 0 Å². The zero-order chi connectivity index (χ0) is 8.43. The third-order valence-corrected chi connectivity index (χ3v) is 1.14. The van der Waals surface area contributed by atoms with E-state index in [1.165, 1.54) is 0 Å². The summed E-state index contributed by atoms with van der Waals surface area (Å²) in [6.45, 7) is 0. The molecule has 0 bridgehead atoms. The lowest BCUT2D eigenvalue weighted by atomic mass is 10.3. The van der Waals surface area contributed by atoms with Crippen LogP contribution in [0.5, 0.6) is 11.5 Å². The molecule has 0 aliphatic carbocycles. The molecule has 0 saturated heterocycles. The molecule has 1 aromatic rings. The van der Waals surface area contributed by atoms with Gasteiger partial charge < -0.3 is 0 Å². The third kappa shape index (κ3) is 1.37. The smallest absolute Gasteiger partial charge is 0.273 e. The molecule has 0 spiro atoms. The van der Waals surface area contributed by atoms with Gasteiger partial charge in [-0.05, 0) is 6.07 Å². The van der Waals surface area contributed by atoms with Gasteiger partial charge in [0.2, 0.25) is 11.5 Å². The molecule has 2 radical (unpaired) electrons. The van der Waals surface area contributed by atoms with Gasteiger partial charge in [-0.3, -0.25) is 20.3 Å². The Labute approximate surface area is 61.7 Å². The van der Waals surface area contributed by atoms with Crippen LogP contribution in [0.2, 0.25) is 0 Å². The SMILES string of the molecule is [O]c1ccc([N+](=O)[O-])cc1[O]. The van der Waals surface area contributed by atoms with E-state index in [2.05, 4.69) is 0 Å². The Balaban J connectivity index is 3.15. The van der Waals surface area contributed by atoms with Crippen LogP contribution < -0.4 is 0 Å². The fourth-order valence-electron chi connectivity index (χ4n) is 0.610. The van der Waals surface area contributed by atoms with E-state index in [1.54, 1.807) is 0 Å². The second-order valence-corrected chi connectivity index (χ2v) is 1.89. The number of nitro groups is 1. The Morgan fingerprint density at radius 3 is 2.27 bits per heavy atom. The molecule has 0 aliphatic rings. The second kappa shape index (κ2) is 2.45. The topological polar surface area (TPSA) is 82.9 Å². The summed E-state index contributed by atoms with van der Waals surface area (Å²) in [5, 5.41) is 31.0. The van der Waals surface area contributed by atoms with Crippen molar-refractivity contribution in [3.05, 3.63) is 28.3 Å². The maximum Gasteiger partial charge on any atom is 0.273 e. The molecule has 0 fully saturated rings. The summed E-state index contributed by atoms with van der Waals surface area (Å²) in [7, 11) is 0. The Kier molecular flexibility index (Phi) is 1.63. The van der Waals surface area contributed by atoms with Gasteiger partial charge in [0, 0.05) is 6.07 Å². The van der Waals surface area contributed by atoms with Crippen molar-refractivity contribution in [3.63, 3.8) is 0 Å². The highest BCUT2D eigenvalue weighted by molar-refractivity contribution is 5.46. The largest absolute Gasteiger partial charge is 0.286 e. The number of nitrogens with zero attached hydrogens (tertiary/aromatic N) is 1. The highest BCUT2D eigenvalue weighted by Gasteiger charge is 2.10. The molecule has 1 aromatic carbocycles. The molecule has 0 N–H and O–H groups in total. The number of benzene rings is 1. The van der Waals surface area contributed by atoms with E-state index in [0.717, 1.165) is 12.1 Å². The maximum atomic E-state index is 10.5. The highest BCUT2D eigenvalue weighted by atomic mass is 16.6. The van der Waals surface area contributed by atoms with E-state index in [4.69, 9.17) is 0 Å². The van der Waals surface area contributed by atoms with E-state index in [-0.39, 0.29) is 5.69 Å². The Hall–Kier alpha value is -1.78. The minimum absolute atomic E-state index is 0.352. The van der Waals surface area contributed by atoms with E-state index in [1.807, 2.05) is 0 Å². The summed E-state index contributed by atoms with van der Waals surface area (Å²) in [5.41, 5.74) is -0.352. The van der Waals surface area contributed by atoms with Crippen LogP contribution in [-0.4, -0.2) is 4.92 Å². The van der Waals surface area contributed by atoms with Crippen LogP contribution in [0.4, 0.5) is 5.69 Å². The Morgan fingerprint density at radius 2 is 1.82 bits per heavy atom. The summed E-state index contributed by atoms with van der Waals surface area (Å²) in [4.78, 5) is 9.31. The standard InChI is InChI=1S/C6H3NO4/c8-5-2-1-4(7(10)11)3-6(5)9/h1-3H. The van der Waals surface area contributed by atoms with Crippen LogP contribution >= 0.6 is 0 Å². The molecule has 0 unspecified atom stereocenters. The van der Waals surface area contributed by atoms with Crippen molar-refractivity contribution in [1.29, 1.82) is 0 Å². The van der Waals surface area contributed by atoms with E-state index in [9.17, 15) is 20.3 Å². The molecule has 0 saturated carbocycles. The second-order valence-electron chi connectivity index (χ2n) is 1.89. The average molecular weight is 153 g/mol. The van der Waals surface area contributed by atoms with Crippen molar-refractivity contribution in [1.82, 2.24) is 0 Å². The Bertz CT molecular complexity index is 297. The fourth-order valence-corrected chi connectivity index (χ4v) is 0.610. The number of hydrogen-bond donors (Lipinski definition) is 0. The van der Waals surface area contributed by atoms with Crippen LogP contribution in [-0.2, 0) is 10.2 Å². The van der Waals surface area contributed by atoms with Crippen molar-refractivity contribution < 1.29 is 15.1 Å². The van der Waals surface area contributed by atoms with Crippen molar-refractivity contribution in [2.75, 3.05) is 0 Å². The lowest BCUT2D eigenvalue weighted by Crippen LogP contribution is -1.85. The first-order chi connectivity index (χ1) is 5.11. The molecular formula is C6H3NO4. The molecule has 0 aromatic heterocycles. The third-order valence-electron chi connectivity index (χ3n) is 1.14. The Morgan fingerprint density at radius 1 is 1.18 bits per heavy atom. The summed E-state index contributed by atoms with van der Waals surface area (Å²) in [6.07, 6.45) is 0. The van der Waals surface area contributed by atoms with Crippen LogP contribution in [0.1, 0.15) is 0 Å². The molecule has 0 aliphatic heterocycles. The minimum Gasteiger partial charge on any atom is -0.286 e. The van der Waals surface area contributed by atoms with Crippen LogP contribution in [0, 0.1) is 10.1 Å². The zero-order valence-electron chi connectivity index (χ0n) is 5.31. The molecule has 56 valence electrons. The number of non-ortho nitro benzene ring substituents is 1. The molecular weight excluding hydrogens is 150 g/mol. The first kappa shape index (κ1) is 7.33. The number of nitro benzene ring substituents is 1. The normalized spacial score (nSPS) is 9.45. The number of hydrogen-bond acceptors (Lipinski definition) is 2. The zero-order valence-corrected chi connectivity index (χ0v) is 5.31. The van der Waals surface area contributed by atoms with Gasteiger partial charge in [0.25, 0.3) is 5.69 Å². The molecule has 0 atom stereocenters. The number of rotatable bonds is 1. The van der Waals surface area contributed by atoms with Crippen molar-refractivity contribution >= 4 is 5.69 Å². The lowest BCUT2D eigenvalue weighted by Gasteiger charge is -1.90.